The molecule has 1 fully saturated rings. The Labute approximate surface area is 185 Å². The average molecular weight is 510 g/mol. The maximum Gasteiger partial charge on any atom is 0.194 e. The van der Waals surface area contributed by atoms with Crippen LogP contribution >= 0.6 is 35.3 Å². The highest BCUT2D eigenvalue weighted by Crippen LogP contribution is 2.21. The molecule has 6 nitrogen and oxygen atoms in total. The van der Waals surface area contributed by atoms with Crippen LogP contribution in [0.1, 0.15) is 50.4 Å². The lowest BCUT2D eigenvalue weighted by Gasteiger charge is -2.29. The first-order valence-corrected chi connectivity index (χ1v) is 10.6. The second kappa shape index (κ2) is 12.9. The van der Waals surface area contributed by atoms with E-state index in [1.54, 1.807) is 18.4 Å². The molecule has 0 aromatic carbocycles. The number of rotatable bonds is 8. The maximum atomic E-state index is 5.35. The quantitative estimate of drug-likeness (QED) is 0.330. The second-order valence-electron chi connectivity index (χ2n) is 7.17. The van der Waals surface area contributed by atoms with Crippen molar-refractivity contribution in [1.29, 1.82) is 0 Å². The molecule has 1 atom stereocenters. The third kappa shape index (κ3) is 8.21. The van der Waals surface area contributed by atoms with Gasteiger partial charge in [0.05, 0.1) is 18.8 Å². The topological polar surface area (TPSA) is 53.0 Å². The fourth-order valence-electron chi connectivity index (χ4n) is 3.05. The van der Waals surface area contributed by atoms with Crippen LogP contribution in [0.2, 0.25) is 0 Å². The predicted octanol–water partition coefficient (Wildman–Crippen LogP) is 3.60. The van der Waals surface area contributed by atoms with Crippen molar-refractivity contribution in [2.24, 2.45) is 10.9 Å². The van der Waals surface area contributed by atoms with E-state index in [0.717, 1.165) is 48.8 Å². The number of ether oxygens (including phenoxy) is 1. The molecule has 1 N–H and O–H groups in total. The van der Waals surface area contributed by atoms with Gasteiger partial charge < -0.3 is 19.9 Å². The Kier molecular flexibility index (Phi) is 11.7. The number of aliphatic imine (C=N–C) groups is 1. The van der Waals surface area contributed by atoms with Gasteiger partial charge in [-0.3, -0.25) is 4.99 Å². The maximum absolute atomic E-state index is 5.35. The van der Waals surface area contributed by atoms with E-state index in [4.69, 9.17) is 9.73 Å². The smallest absolute Gasteiger partial charge is 0.194 e. The minimum Gasteiger partial charge on any atom is -0.375 e. The van der Waals surface area contributed by atoms with Gasteiger partial charge in [-0.15, -0.1) is 35.3 Å². The molecule has 1 saturated heterocycles. The highest BCUT2D eigenvalue weighted by atomic mass is 127. The summed E-state index contributed by atoms with van der Waals surface area (Å²) in [5.41, 5.74) is 1.06. The molecule has 1 aromatic rings. The number of piperidine rings is 1. The number of likely N-dealkylation sites (tertiary alicyclic amines) is 1. The molecule has 156 valence electrons. The molecule has 1 unspecified atom stereocenters. The van der Waals surface area contributed by atoms with Gasteiger partial charge in [0.1, 0.15) is 11.1 Å². The summed E-state index contributed by atoms with van der Waals surface area (Å²) in [4.78, 5) is 14.2. The van der Waals surface area contributed by atoms with Gasteiger partial charge >= 0.3 is 0 Å². The molecular weight excluding hydrogens is 473 g/mol. The van der Waals surface area contributed by atoms with E-state index < -0.39 is 0 Å². The van der Waals surface area contributed by atoms with Gasteiger partial charge in [-0.25, -0.2) is 4.98 Å². The monoisotopic (exact) mass is 509 g/mol. The fourth-order valence-corrected chi connectivity index (χ4v) is 3.90. The Morgan fingerprint density at radius 2 is 2.19 bits per heavy atom. The Hall–Kier alpha value is -0.450. The number of aromatic nitrogens is 1. The van der Waals surface area contributed by atoms with E-state index in [1.807, 2.05) is 6.92 Å². The minimum atomic E-state index is 0. The summed E-state index contributed by atoms with van der Waals surface area (Å²) in [6.07, 6.45) is 2.68. The lowest BCUT2D eigenvalue weighted by atomic mass is 9.99. The molecule has 1 aliphatic heterocycles. The van der Waals surface area contributed by atoms with Gasteiger partial charge in [-0.2, -0.15) is 0 Å². The summed E-state index contributed by atoms with van der Waals surface area (Å²) in [6, 6.07) is 0. The number of nitrogens with one attached hydrogen (secondary N) is 1. The normalized spacial score (nSPS) is 17.4. The van der Waals surface area contributed by atoms with Crippen LogP contribution < -0.4 is 5.32 Å². The van der Waals surface area contributed by atoms with Crippen molar-refractivity contribution in [3.8, 4) is 0 Å². The SMILES string of the molecule is CCNC(=NCCN1CCC(C)CC1)N(C)Cc1csc(C(C)OC)n1.I. The number of nitrogens with zero attached hydrogens (tertiary/aromatic N) is 4. The van der Waals surface area contributed by atoms with E-state index in [-0.39, 0.29) is 30.1 Å². The highest BCUT2D eigenvalue weighted by molar-refractivity contribution is 14.0. The predicted molar refractivity (Wildman–Crippen MR) is 125 cm³/mol. The first-order valence-electron chi connectivity index (χ1n) is 9.72. The molecule has 8 heteroatoms. The second-order valence-corrected chi connectivity index (χ2v) is 8.06. The average Bonchev–Trinajstić information content (AvgIpc) is 3.10. The van der Waals surface area contributed by atoms with Crippen molar-refractivity contribution in [3.05, 3.63) is 16.1 Å². The first-order chi connectivity index (χ1) is 12.5. The van der Waals surface area contributed by atoms with Crippen LogP contribution in [0.15, 0.2) is 10.4 Å². The molecule has 0 saturated carbocycles. The summed E-state index contributed by atoms with van der Waals surface area (Å²) in [7, 11) is 3.79. The molecule has 0 radical (unpaired) electrons. The largest absolute Gasteiger partial charge is 0.375 e. The molecule has 1 aliphatic rings. The van der Waals surface area contributed by atoms with E-state index >= 15 is 0 Å². The summed E-state index contributed by atoms with van der Waals surface area (Å²) >= 11 is 1.66. The zero-order valence-corrected chi connectivity index (χ0v) is 20.5. The number of hydrogen-bond acceptors (Lipinski definition) is 5. The van der Waals surface area contributed by atoms with Gasteiger partial charge in [0, 0.05) is 32.6 Å². The van der Waals surface area contributed by atoms with Gasteiger partial charge in [0.25, 0.3) is 0 Å². The van der Waals surface area contributed by atoms with Crippen molar-refractivity contribution >= 4 is 41.3 Å². The fraction of sp³-hybridized carbons (Fsp3) is 0.789. The van der Waals surface area contributed by atoms with Crippen molar-refractivity contribution < 1.29 is 4.74 Å². The van der Waals surface area contributed by atoms with Crippen molar-refractivity contribution in [2.45, 2.75) is 46.3 Å². The standard InChI is InChI=1S/C19H35N5OS.HI/c1-6-20-19(21-9-12-24-10-7-15(2)8-11-24)23(4)13-17-14-26-18(22-17)16(3)25-5;/h14-16H,6-13H2,1-5H3,(H,20,21);1H. The van der Waals surface area contributed by atoms with Gasteiger partial charge in [0.15, 0.2) is 5.96 Å². The van der Waals surface area contributed by atoms with Crippen LogP contribution in [0.25, 0.3) is 0 Å². The summed E-state index contributed by atoms with van der Waals surface area (Å²) in [6.45, 7) is 12.4. The molecule has 0 bridgehead atoms. The van der Waals surface area contributed by atoms with Gasteiger partial charge in [-0.05, 0) is 45.7 Å². The number of methoxy groups -OCH3 is 1. The first kappa shape index (κ1) is 24.6. The van der Waals surface area contributed by atoms with Gasteiger partial charge in [-0.1, -0.05) is 6.92 Å². The molecule has 2 heterocycles. The third-order valence-electron chi connectivity index (χ3n) is 4.92. The summed E-state index contributed by atoms with van der Waals surface area (Å²) in [5, 5.41) is 6.53. The Morgan fingerprint density at radius 1 is 1.48 bits per heavy atom. The van der Waals surface area contributed by atoms with Crippen molar-refractivity contribution in [3.63, 3.8) is 0 Å². The van der Waals surface area contributed by atoms with Crippen LogP contribution in [0.4, 0.5) is 0 Å². The van der Waals surface area contributed by atoms with Crippen molar-refractivity contribution in [2.75, 3.05) is 46.9 Å². The Morgan fingerprint density at radius 3 is 2.81 bits per heavy atom. The molecule has 0 amide bonds. The highest BCUT2D eigenvalue weighted by Gasteiger charge is 2.16. The zero-order valence-electron chi connectivity index (χ0n) is 17.4. The van der Waals surface area contributed by atoms with Crippen LogP contribution in [0, 0.1) is 5.92 Å². The van der Waals surface area contributed by atoms with Crippen LogP contribution in [0.3, 0.4) is 0 Å². The zero-order chi connectivity index (χ0) is 18.9. The van der Waals surface area contributed by atoms with Crippen LogP contribution in [0.5, 0.6) is 0 Å². The van der Waals surface area contributed by atoms with E-state index in [0.29, 0.717) is 0 Å². The lowest BCUT2D eigenvalue weighted by Crippen LogP contribution is -2.40. The van der Waals surface area contributed by atoms with E-state index in [2.05, 4.69) is 46.4 Å². The molecule has 0 spiro atoms. The van der Waals surface area contributed by atoms with E-state index in [1.165, 1.54) is 25.9 Å². The number of halogens is 1. The summed E-state index contributed by atoms with van der Waals surface area (Å²) < 4.78 is 5.35. The molecule has 1 aromatic heterocycles. The van der Waals surface area contributed by atoms with Crippen LogP contribution in [-0.2, 0) is 11.3 Å². The Bertz CT molecular complexity index is 560. The molecule has 0 aliphatic carbocycles. The molecule has 27 heavy (non-hydrogen) atoms. The number of guanidine groups is 1. The number of thiazole rings is 1. The molecular formula is C19H36IN5OS. The third-order valence-corrected chi connectivity index (χ3v) is 5.98. The lowest BCUT2D eigenvalue weighted by molar-refractivity contribution is 0.119. The van der Waals surface area contributed by atoms with Crippen molar-refractivity contribution in [1.82, 2.24) is 20.1 Å². The Balaban J connectivity index is 0.00000364. The van der Waals surface area contributed by atoms with Gasteiger partial charge in [0.2, 0.25) is 0 Å². The number of hydrogen-bond donors (Lipinski definition) is 1. The summed E-state index contributed by atoms with van der Waals surface area (Å²) in [5.74, 6) is 1.83. The van der Waals surface area contributed by atoms with E-state index in [9.17, 15) is 0 Å². The van der Waals surface area contributed by atoms with Crippen LogP contribution in [-0.4, -0.2) is 67.6 Å². The molecule has 2 rings (SSSR count). The minimum absolute atomic E-state index is 0.